The van der Waals surface area contributed by atoms with Crippen molar-refractivity contribution in [1.29, 1.82) is 0 Å². The first-order chi connectivity index (χ1) is 19.0. The van der Waals surface area contributed by atoms with E-state index in [0.717, 1.165) is 22.9 Å². The average molecular weight is 584 g/mol. The zero-order chi connectivity index (χ0) is 29.3. The average Bonchev–Trinajstić information content (AvgIpc) is 2.89. The molecular weight excluding hydrogens is 546 g/mol. The number of benzene rings is 3. The van der Waals surface area contributed by atoms with Crippen molar-refractivity contribution in [3.05, 3.63) is 101 Å². The second-order valence-corrected chi connectivity index (χ2v) is 12.6. The molecule has 0 aliphatic carbocycles. The number of nitrogens with zero attached hydrogens (tertiary/aromatic N) is 2. The first-order valence-electron chi connectivity index (χ1n) is 13.4. The van der Waals surface area contributed by atoms with Crippen LogP contribution in [0.2, 0.25) is 5.02 Å². The second kappa shape index (κ2) is 14.3. The van der Waals surface area contributed by atoms with E-state index < -0.39 is 16.1 Å². The monoisotopic (exact) mass is 583 g/mol. The minimum atomic E-state index is -3.56. The highest BCUT2D eigenvalue weighted by molar-refractivity contribution is 7.92. The highest BCUT2D eigenvalue weighted by Crippen LogP contribution is 2.23. The predicted molar refractivity (Wildman–Crippen MR) is 162 cm³/mol. The van der Waals surface area contributed by atoms with Crippen LogP contribution in [0.1, 0.15) is 43.4 Å². The van der Waals surface area contributed by atoms with E-state index in [1.807, 2.05) is 75.4 Å². The summed E-state index contributed by atoms with van der Waals surface area (Å²) in [5.41, 5.74) is 3.14. The van der Waals surface area contributed by atoms with Crippen LogP contribution in [0.5, 0.6) is 0 Å². The van der Waals surface area contributed by atoms with E-state index in [1.54, 1.807) is 29.2 Å². The number of aryl methyl sites for hydroxylation is 1. The normalized spacial score (nSPS) is 12.2. The summed E-state index contributed by atoms with van der Waals surface area (Å²) in [6.07, 6.45) is 1.83. The zero-order valence-electron chi connectivity index (χ0n) is 23.5. The lowest BCUT2D eigenvalue weighted by Crippen LogP contribution is -2.51. The van der Waals surface area contributed by atoms with Crippen molar-refractivity contribution in [2.24, 2.45) is 0 Å². The lowest BCUT2D eigenvalue weighted by atomic mass is 10.0. The van der Waals surface area contributed by atoms with Gasteiger partial charge < -0.3 is 10.2 Å². The van der Waals surface area contributed by atoms with Gasteiger partial charge in [-0.25, -0.2) is 8.42 Å². The lowest BCUT2D eigenvalue weighted by molar-refractivity contribution is -0.141. The van der Waals surface area contributed by atoms with E-state index in [0.29, 0.717) is 17.1 Å². The molecule has 2 amide bonds. The van der Waals surface area contributed by atoms with Crippen LogP contribution in [-0.4, -0.2) is 50.0 Å². The third-order valence-corrected chi connectivity index (χ3v) is 8.01. The number of rotatable bonds is 13. The van der Waals surface area contributed by atoms with Gasteiger partial charge in [0.15, 0.2) is 0 Å². The maximum atomic E-state index is 13.8. The number of hydrogen-bond acceptors (Lipinski definition) is 4. The maximum absolute atomic E-state index is 13.8. The standard InChI is InChI=1S/C31H38ClN3O4S/c1-23(2)33-31(37)29(21-25-13-6-5-7-14-25)34(22-26-15-8-9-17-28(26)32)30(36)18-11-19-35(40(4,38)39)27-16-10-12-24(3)20-27/h5-10,12-17,20,23,29H,11,18-19,21-22H2,1-4H3,(H,33,37)/t29-/m1/s1. The van der Waals surface area contributed by atoms with Crippen molar-refractivity contribution < 1.29 is 18.0 Å². The van der Waals surface area contributed by atoms with E-state index in [2.05, 4.69) is 5.32 Å². The van der Waals surface area contributed by atoms with Crippen LogP contribution >= 0.6 is 11.6 Å². The van der Waals surface area contributed by atoms with E-state index >= 15 is 0 Å². The van der Waals surface area contributed by atoms with Crippen LogP contribution in [0.15, 0.2) is 78.9 Å². The molecule has 9 heteroatoms. The predicted octanol–water partition coefficient (Wildman–Crippen LogP) is 5.36. The Balaban J connectivity index is 1.89. The first-order valence-corrected chi connectivity index (χ1v) is 15.6. The van der Waals surface area contributed by atoms with Gasteiger partial charge in [0.25, 0.3) is 0 Å². The first kappa shape index (κ1) is 31.2. The van der Waals surface area contributed by atoms with Crippen molar-refractivity contribution in [2.75, 3.05) is 17.1 Å². The van der Waals surface area contributed by atoms with Gasteiger partial charge in [0.05, 0.1) is 11.9 Å². The molecule has 0 saturated heterocycles. The number of sulfonamides is 1. The highest BCUT2D eigenvalue weighted by atomic mass is 35.5. The van der Waals surface area contributed by atoms with E-state index in [4.69, 9.17) is 11.6 Å². The summed E-state index contributed by atoms with van der Waals surface area (Å²) >= 11 is 6.47. The molecule has 0 aromatic heterocycles. The van der Waals surface area contributed by atoms with Crippen LogP contribution < -0.4 is 9.62 Å². The van der Waals surface area contributed by atoms with E-state index in [-0.39, 0.29) is 43.8 Å². The fourth-order valence-electron chi connectivity index (χ4n) is 4.53. The molecule has 3 aromatic rings. The van der Waals surface area contributed by atoms with Crippen molar-refractivity contribution >= 4 is 39.1 Å². The quantitative estimate of drug-likeness (QED) is 0.293. The van der Waals surface area contributed by atoms with Gasteiger partial charge in [0.1, 0.15) is 6.04 Å². The topological polar surface area (TPSA) is 86.8 Å². The number of anilines is 1. The molecular formula is C31H38ClN3O4S. The van der Waals surface area contributed by atoms with Gasteiger partial charge in [-0.15, -0.1) is 0 Å². The van der Waals surface area contributed by atoms with Crippen LogP contribution in [0.3, 0.4) is 0 Å². The smallest absolute Gasteiger partial charge is 0.243 e. The summed E-state index contributed by atoms with van der Waals surface area (Å²) in [7, 11) is -3.56. The van der Waals surface area contributed by atoms with Gasteiger partial charge >= 0.3 is 0 Å². The summed E-state index contributed by atoms with van der Waals surface area (Å²) < 4.78 is 26.5. The van der Waals surface area contributed by atoms with Crippen LogP contribution in [0.4, 0.5) is 5.69 Å². The molecule has 0 saturated carbocycles. The number of nitrogens with one attached hydrogen (secondary N) is 1. The Morgan fingerprint density at radius 1 is 0.950 bits per heavy atom. The lowest BCUT2D eigenvalue weighted by Gasteiger charge is -2.32. The number of hydrogen-bond donors (Lipinski definition) is 1. The third-order valence-electron chi connectivity index (χ3n) is 6.44. The summed E-state index contributed by atoms with van der Waals surface area (Å²) in [4.78, 5) is 28.9. The molecule has 0 fully saturated rings. The SMILES string of the molecule is Cc1cccc(N(CCCC(=O)N(Cc2ccccc2Cl)[C@H](Cc2ccccc2)C(=O)NC(C)C)S(C)(=O)=O)c1. The van der Waals surface area contributed by atoms with Gasteiger partial charge in [-0.05, 0) is 62.1 Å². The van der Waals surface area contributed by atoms with Gasteiger partial charge in [-0.3, -0.25) is 13.9 Å². The van der Waals surface area contributed by atoms with E-state index in [9.17, 15) is 18.0 Å². The van der Waals surface area contributed by atoms with Crippen LogP contribution in [0.25, 0.3) is 0 Å². The molecule has 3 aromatic carbocycles. The van der Waals surface area contributed by atoms with Crippen molar-refractivity contribution in [3.8, 4) is 0 Å². The number of halogens is 1. The molecule has 7 nitrogen and oxygen atoms in total. The number of carbonyl (C=O) groups excluding carboxylic acids is 2. The molecule has 0 spiro atoms. The minimum Gasteiger partial charge on any atom is -0.352 e. The Labute approximate surface area is 243 Å². The molecule has 1 atom stereocenters. The third kappa shape index (κ3) is 9.10. The molecule has 3 rings (SSSR count). The van der Waals surface area contributed by atoms with E-state index in [1.165, 1.54) is 4.31 Å². The summed E-state index contributed by atoms with van der Waals surface area (Å²) in [5.74, 6) is -0.505. The minimum absolute atomic E-state index is 0.0581. The molecule has 0 bridgehead atoms. The molecule has 0 unspecified atom stereocenters. The number of amides is 2. The number of carbonyl (C=O) groups is 2. The molecule has 40 heavy (non-hydrogen) atoms. The van der Waals surface area contributed by atoms with Gasteiger partial charge in [-0.2, -0.15) is 0 Å². The second-order valence-electron chi connectivity index (χ2n) is 10.3. The Morgan fingerprint density at radius 3 is 2.25 bits per heavy atom. The maximum Gasteiger partial charge on any atom is 0.243 e. The summed E-state index contributed by atoms with van der Waals surface area (Å²) in [5, 5.41) is 3.47. The van der Waals surface area contributed by atoms with Crippen LogP contribution in [-0.2, 0) is 32.6 Å². The Kier molecular flexibility index (Phi) is 11.2. The van der Waals surface area contributed by atoms with Gasteiger partial charge in [-0.1, -0.05) is 72.3 Å². The largest absolute Gasteiger partial charge is 0.352 e. The fourth-order valence-corrected chi connectivity index (χ4v) is 5.68. The molecule has 0 heterocycles. The Bertz CT molecular complexity index is 1400. The molecule has 1 N–H and O–H groups in total. The summed E-state index contributed by atoms with van der Waals surface area (Å²) in [6.45, 7) is 5.94. The molecule has 0 radical (unpaired) electrons. The summed E-state index contributed by atoms with van der Waals surface area (Å²) in [6, 6.07) is 23.2. The fraction of sp³-hybridized carbons (Fsp3) is 0.355. The highest BCUT2D eigenvalue weighted by Gasteiger charge is 2.31. The Morgan fingerprint density at radius 2 is 1.62 bits per heavy atom. The molecule has 0 aliphatic heterocycles. The Hall–Kier alpha value is -3.36. The van der Waals surface area contributed by atoms with Gasteiger partial charge in [0.2, 0.25) is 21.8 Å². The molecule has 0 aliphatic rings. The van der Waals surface area contributed by atoms with Crippen molar-refractivity contribution in [1.82, 2.24) is 10.2 Å². The van der Waals surface area contributed by atoms with Crippen LogP contribution in [0, 0.1) is 6.92 Å². The molecule has 214 valence electrons. The van der Waals surface area contributed by atoms with Crippen molar-refractivity contribution in [2.45, 2.75) is 58.7 Å². The van der Waals surface area contributed by atoms with Crippen molar-refractivity contribution in [3.63, 3.8) is 0 Å². The van der Waals surface area contributed by atoms with Gasteiger partial charge in [0, 0.05) is 37.0 Å². The zero-order valence-corrected chi connectivity index (χ0v) is 25.1.